The summed E-state index contributed by atoms with van der Waals surface area (Å²) in [6.07, 6.45) is 1.72. The van der Waals surface area contributed by atoms with Gasteiger partial charge >= 0.3 is 5.97 Å². The molecule has 0 aliphatic heterocycles. The molecule has 21 heavy (non-hydrogen) atoms. The number of carbonyl (C=O) groups is 1. The van der Waals surface area contributed by atoms with Gasteiger partial charge in [-0.15, -0.1) is 0 Å². The lowest BCUT2D eigenvalue weighted by molar-refractivity contribution is -0.137. The predicted molar refractivity (Wildman–Crippen MR) is 82.2 cm³/mol. The number of hydrogen-bond acceptors (Lipinski definition) is 4. The zero-order chi connectivity index (χ0) is 15.4. The molecule has 0 aliphatic rings. The van der Waals surface area contributed by atoms with Crippen LogP contribution in [-0.2, 0) is 16.6 Å². The smallest absolute Gasteiger partial charge is 0.302 e. The van der Waals surface area contributed by atoms with E-state index in [1.54, 1.807) is 23.9 Å². The second-order valence-corrected chi connectivity index (χ2v) is 4.48. The number of para-hydroxylation sites is 1. The molecular formula is C16H16N2O3. The number of benzene rings is 1. The van der Waals surface area contributed by atoms with E-state index in [0.717, 1.165) is 16.4 Å². The number of aromatic nitrogens is 2. The molecule has 0 amide bonds. The van der Waals surface area contributed by atoms with Crippen molar-refractivity contribution in [3.63, 3.8) is 0 Å². The maximum Gasteiger partial charge on any atom is 0.302 e. The number of carbonyl (C=O) groups excluding carboxylic acids is 1. The Morgan fingerprint density at radius 1 is 1.14 bits per heavy atom. The monoisotopic (exact) mass is 284 g/mol. The van der Waals surface area contributed by atoms with Crippen LogP contribution in [0.2, 0.25) is 0 Å². The second kappa shape index (κ2) is 6.17. The van der Waals surface area contributed by atoms with Crippen LogP contribution < -0.4 is 5.56 Å². The Labute approximate surface area is 121 Å². The first-order valence-corrected chi connectivity index (χ1v) is 6.43. The third-order valence-electron chi connectivity index (χ3n) is 3.15. The summed E-state index contributed by atoms with van der Waals surface area (Å²) in [5, 5.41) is 1.68. The Kier molecular flexibility index (Phi) is 4.33. The van der Waals surface area contributed by atoms with Gasteiger partial charge in [-0.1, -0.05) is 18.2 Å². The first-order chi connectivity index (χ1) is 10.1. The van der Waals surface area contributed by atoms with Gasteiger partial charge in [0.05, 0.1) is 23.5 Å². The fraction of sp³-hybridized carbons (Fsp3) is 0.188. The first-order valence-electron chi connectivity index (χ1n) is 6.43. The van der Waals surface area contributed by atoms with E-state index < -0.39 is 0 Å². The van der Waals surface area contributed by atoms with Gasteiger partial charge < -0.3 is 9.30 Å². The zero-order valence-corrected chi connectivity index (χ0v) is 12.2. The van der Waals surface area contributed by atoms with Crippen LogP contribution in [0, 0.1) is 0 Å². The van der Waals surface area contributed by atoms with Crippen LogP contribution in [0.25, 0.3) is 21.8 Å². The maximum absolute atomic E-state index is 12.1. The third kappa shape index (κ3) is 2.91. The van der Waals surface area contributed by atoms with Crippen molar-refractivity contribution in [2.45, 2.75) is 6.92 Å². The second-order valence-electron chi connectivity index (χ2n) is 4.48. The lowest BCUT2D eigenvalue weighted by atomic mass is 10.1. The molecule has 0 saturated heterocycles. The largest absolute Gasteiger partial charge is 0.469 e. The fourth-order valence-corrected chi connectivity index (χ4v) is 2.05. The zero-order valence-electron chi connectivity index (χ0n) is 12.2. The van der Waals surface area contributed by atoms with E-state index in [0.29, 0.717) is 5.39 Å². The van der Waals surface area contributed by atoms with Crippen molar-refractivity contribution in [2.75, 3.05) is 7.11 Å². The lowest BCUT2D eigenvalue weighted by Gasteiger charge is -2.07. The van der Waals surface area contributed by atoms with Crippen molar-refractivity contribution in [3.8, 4) is 0 Å². The highest BCUT2D eigenvalue weighted by Gasteiger charge is 2.07. The molecule has 0 fully saturated rings. The van der Waals surface area contributed by atoms with Crippen molar-refractivity contribution in [1.29, 1.82) is 0 Å². The van der Waals surface area contributed by atoms with E-state index in [9.17, 15) is 9.59 Å². The van der Waals surface area contributed by atoms with Gasteiger partial charge in [-0.3, -0.25) is 14.6 Å². The summed E-state index contributed by atoms with van der Waals surface area (Å²) in [7, 11) is 3.14. The van der Waals surface area contributed by atoms with Crippen molar-refractivity contribution < 1.29 is 9.53 Å². The molecule has 2 aromatic heterocycles. The molecule has 5 nitrogen and oxygen atoms in total. The number of methoxy groups -OCH3 is 1. The van der Waals surface area contributed by atoms with E-state index >= 15 is 0 Å². The van der Waals surface area contributed by atoms with Crippen LogP contribution in [-0.4, -0.2) is 22.6 Å². The molecule has 0 saturated carbocycles. The molecule has 0 bridgehead atoms. The predicted octanol–water partition coefficient (Wildman–Crippen LogP) is 2.27. The number of fused-ring (bicyclic) bond motifs is 3. The van der Waals surface area contributed by atoms with Crippen molar-refractivity contribution in [1.82, 2.24) is 9.55 Å². The van der Waals surface area contributed by atoms with E-state index in [4.69, 9.17) is 0 Å². The summed E-state index contributed by atoms with van der Waals surface area (Å²) < 4.78 is 5.78. The van der Waals surface area contributed by atoms with Gasteiger partial charge in [-0.05, 0) is 18.2 Å². The van der Waals surface area contributed by atoms with Crippen molar-refractivity contribution in [2.24, 2.45) is 7.05 Å². The Bertz CT molecular complexity index is 853. The molecule has 108 valence electrons. The number of aryl methyl sites for hydroxylation is 1. The quantitative estimate of drug-likeness (QED) is 0.469. The molecule has 0 radical (unpaired) electrons. The Morgan fingerprint density at radius 3 is 2.43 bits per heavy atom. The molecule has 1 aromatic carbocycles. The molecule has 2 heterocycles. The lowest BCUT2D eigenvalue weighted by Crippen LogP contribution is -2.17. The van der Waals surface area contributed by atoms with Gasteiger partial charge in [-0.25, -0.2) is 0 Å². The van der Waals surface area contributed by atoms with Crippen molar-refractivity contribution >= 4 is 27.8 Å². The highest BCUT2D eigenvalue weighted by atomic mass is 16.5. The summed E-state index contributed by atoms with van der Waals surface area (Å²) in [5.41, 5.74) is 1.70. The summed E-state index contributed by atoms with van der Waals surface area (Å²) in [6, 6.07) is 11.4. The van der Waals surface area contributed by atoms with Gasteiger partial charge in [0.15, 0.2) is 0 Å². The summed E-state index contributed by atoms with van der Waals surface area (Å²) in [4.78, 5) is 26.0. The molecule has 0 aliphatic carbocycles. The van der Waals surface area contributed by atoms with Gasteiger partial charge in [-0.2, -0.15) is 0 Å². The Morgan fingerprint density at radius 2 is 1.76 bits per heavy atom. The molecule has 3 rings (SSSR count). The summed E-state index contributed by atoms with van der Waals surface area (Å²) >= 11 is 0. The van der Waals surface area contributed by atoms with Crippen LogP contribution in [0.3, 0.4) is 0 Å². The number of hydrogen-bond donors (Lipinski definition) is 0. The van der Waals surface area contributed by atoms with E-state index in [1.807, 2.05) is 30.3 Å². The first kappa shape index (κ1) is 14.7. The molecule has 0 atom stereocenters. The summed E-state index contributed by atoms with van der Waals surface area (Å²) in [6.45, 7) is 1.36. The van der Waals surface area contributed by atoms with E-state index in [-0.39, 0.29) is 11.5 Å². The molecular weight excluding hydrogens is 268 g/mol. The van der Waals surface area contributed by atoms with Gasteiger partial charge in [0, 0.05) is 25.6 Å². The van der Waals surface area contributed by atoms with Crippen LogP contribution in [0.4, 0.5) is 0 Å². The molecule has 3 aromatic rings. The number of ether oxygens (including phenoxy) is 1. The maximum atomic E-state index is 12.1. The van der Waals surface area contributed by atoms with Gasteiger partial charge in [0.1, 0.15) is 0 Å². The normalized spacial score (nSPS) is 10.0. The minimum atomic E-state index is -0.245. The number of pyridine rings is 2. The topological polar surface area (TPSA) is 61.2 Å². The average Bonchev–Trinajstić information content (AvgIpc) is 2.53. The number of rotatable bonds is 0. The molecule has 5 heteroatoms. The van der Waals surface area contributed by atoms with Crippen LogP contribution in [0.5, 0.6) is 0 Å². The highest BCUT2D eigenvalue weighted by molar-refractivity contribution is 6.02. The Balaban J connectivity index is 0.000000282. The number of esters is 1. The average molecular weight is 284 g/mol. The third-order valence-corrected chi connectivity index (χ3v) is 3.15. The van der Waals surface area contributed by atoms with Crippen LogP contribution in [0.15, 0.2) is 47.4 Å². The molecule has 0 unspecified atom stereocenters. The van der Waals surface area contributed by atoms with Crippen molar-refractivity contribution in [3.05, 3.63) is 52.9 Å². The minimum absolute atomic E-state index is 0.00167. The standard InChI is InChI=1S/C13H10N2O.C3H6O2/c1-15-11-7-3-2-5-9(11)12-10(13(15)16)6-4-8-14-12;1-3(4)5-2/h2-8H,1H3;1-2H3. The highest BCUT2D eigenvalue weighted by Crippen LogP contribution is 2.19. The number of nitrogens with zero attached hydrogens (tertiary/aromatic N) is 2. The van der Waals surface area contributed by atoms with E-state index in [2.05, 4.69) is 9.72 Å². The summed E-state index contributed by atoms with van der Waals surface area (Å²) in [5.74, 6) is -0.245. The Hall–Kier alpha value is -2.69. The molecule has 0 N–H and O–H groups in total. The van der Waals surface area contributed by atoms with Crippen LogP contribution >= 0.6 is 0 Å². The SMILES string of the molecule is COC(C)=O.Cn1c(=O)c2cccnc2c2ccccc21. The van der Waals surface area contributed by atoms with Gasteiger partial charge in [0.25, 0.3) is 5.56 Å². The minimum Gasteiger partial charge on any atom is -0.469 e. The van der Waals surface area contributed by atoms with E-state index in [1.165, 1.54) is 14.0 Å². The van der Waals surface area contributed by atoms with Crippen LogP contribution in [0.1, 0.15) is 6.92 Å². The molecule has 0 spiro atoms. The fourth-order valence-electron chi connectivity index (χ4n) is 2.05. The van der Waals surface area contributed by atoms with Gasteiger partial charge in [0.2, 0.25) is 0 Å².